The van der Waals surface area contributed by atoms with Crippen molar-refractivity contribution in [3.63, 3.8) is 0 Å². The van der Waals surface area contributed by atoms with Crippen molar-refractivity contribution in [2.75, 3.05) is 18.1 Å². The third-order valence-corrected chi connectivity index (χ3v) is 7.06. The Morgan fingerprint density at radius 2 is 2.06 bits per heavy atom. The summed E-state index contributed by atoms with van der Waals surface area (Å²) in [5.74, 6) is -3.05. The van der Waals surface area contributed by atoms with E-state index in [1.54, 1.807) is 35.2 Å². The molecule has 0 spiro atoms. The van der Waals surface area contributed by atoms with E-state index in [9.17, 15) is 32.7 Å². The number of β-lactam (4-membered cyclic amide) rings is 1. The number of carboxylic acid groups (broad SMARTS) is 1. The molecule has 1 saturated heterocycles. The fourth-order valence-corrected chi connectivity index (χ4v) is 5.42. The number of aromatic nitrogens is 2. The molecule has 2 aromatic rings. The van der Waals surface area contributed by atoms with Crippen molar-refractivity contribution in [2.24, 2.45) is 5.16 Å². The van der Waals surface area contributed by atoms with E-state index in [0.717, 1.165) is 16.2 Å². The van der Waals surface area contributed by atoms with Crippen molar-refractivity contribution in [3.05, 3.63) is 52.9 Å². The number of rotatable bonds is 8. The van der Waals surface area contributed by atoms with Crippen LogP contribution >= 0.6 is 23.1 Å². The number of nitrogen functional groups attached to an aromatic ring is 1. The zero-order valence-electron chi connectivity index (χ0n) is 18.1. The lowest BCUT2D eigenvalue weighted by molar-refractivity contribution is -0.689. The number of anilines is 1. The second-order valence-electron chi connectivity index (χ2n) is 7.55. The van der Waals surface area contributed by atoms with Crippen LogP contribution in [-0.2, 0) is 25.8 Å². The van der Waals surface area contributed by atoms with Crippen LogP contribution in [0.2, 0.25) is 0 Å². The first-order valence-electron chi connectivity index (χ1n) is 10.2. The molecule has 1 fully saturated rings. The standard InChI is InChI=1S/C20H17F3N6O5S2/c21-20(22,23)9-34-27-12(11-8-36-19(24)25-11)15(30)26-13-16(31)29-14(18(32)33)10(7-35-17(13)29)6-28-4-2-1-3-5-28/h1-5,8,13,17H,6-7,9H2,(H3-,24,25,26,30,32,33)/t13?,17-/m0/s1. The molecule has 4 heterocycles. The summed E-state index contributed by atoms with van der Waals surface area (Å²) in [7, 11) is 0. The highest BCUT2D eigenvalue weighted by Crippen LogP contribution is 2.40. The van der Waals surface area contributed by atoms with Crippen LogP contribution in [0.3, 0.4) is 0 Å². The maximum absolute atomic E-state index is 12.9. The van der Waals surface area contributed by atoms with Gasteiger partial charge in [0.25, 0.3) is 11.8 Å². The average Bonchev–Trinajstić information content (AvgIpc) is 3.25. The van der Waals surface area contributed by atoms with Gasteiger partial charge in [0.1, 0.15) is 17.1 Å². The van der Waals surface area contributed by atoms with Crippen LogP contribution in [0.1, 0.15) is 5.69 Å². The summed E-state index contributed by atoms with van der Waals surface area (Å²) in [5.41, 5.74) is 4.96. The summed E-state index contributed by atoms with van der Waals surface area (Å²) in [6.45, 7) is -1.54. The Labute approximate surface area is 209 Å². The third kappa shape index (κ3) is 5.43. The SMILES string of the molecule is Nc1nc(C(=NOCC(F)(F)F)C(=O)NC2C(=O)N3C(C(=O)[O-])=C(C[n+]4ccccc4)CS[C@@H]23)cs1. The van der Waals surface area contributed by atoms with Gasteiger partial charge in [-0.3, -0.25) is 14.5 Å². The Morgan fingerprint density at radius 1 is 1.33 bits per heavy atom. The molecule has 2 aliphatic heterocycles. The van der Waals surface area contributed by atoms with Crippen LogP contribution in [0.25, 0.3) is 0 Å². The Bertz CT molecular complexity index is 1250. The molecule has 2 amide bonds. The number of hydrogen-bond acceptors (Lipinski definition) is 10. The van der Waals surface area contributed by atoms with Crippen LogP contribution in [0.15, 0.2) is 52.4 Å². The lowest BCUT2D eigenvalue weighted by Crippen LogP contribution is -2.71. The Morgan fingerprint density at radius 3 is 2.67 bits per heavy atom. The molecule has 190 valence electrons. The molecular formula is C20H17F3N6O5S2. The maximum Gasteiger partial charge on any atom is 0.425 e. The molecule has 0 aromatic carbocycles. The number of carboxylic acids is 1. The number of oxime groups is 1. The largest absolute Gasteiger partial charge is 0.543 e. The van der Waals surface area contributed by atoms with Crippen LogP contribution in [0.5, 0.6) is 0 Å². The Hall–Kier alpha value is -3.66. The molecule has 2 atom stereocenters. The van der Waals surface area contributed by atoms with E-state index in [-0.39, 0.29) is 28.8 Å². The lowest BCUT2D eigenvalue weighted by Gasteiger charge is -2.50. The van der Waals surface area contributed by atoms with Gasteiger partial charge in [-0.1, -0.05) is 11.2 Å². The van der Waals surface area contributed by atoms with Gasteiger partial charge in [0.05, 0.1) is 11.7 Å². The summed E-state index contributed by atoms with van der Waals surface area (Å²) >= 11 is 2.14. The number of carbonyl (C=O) groups excluding carboxylic acids is 3. The van der Waals surface area contributed by atoms with Crippen molar-refractivity contribution >= 4 is 51.7 Å². The van der Waals surface area contributed by atoms with Gasteiger partial charge in [-0.05, 0) is 0 Å². The number of alkyl halides is 3. The van der Waals surface area contributed by atoms with Gasteiger partial charge in [-0.15, -0.1) is 23.1 Å². The molecule has 3 N–H and O–H groups in total. The van der Waals surface area contributed by atoms with Crippen molar-refractivity contribution in [2.45, 2.75) is 24.1 Å². The average molecular weight is 543 g/mol. The quantitative estimate of drug-likeness (QED) is 0.194. The van der Waals surface area contributed by atoms with E-state index in [1.807, 2.05) is 0 Å². The van der Waals surface area contributed by atoms with Crippen LogP contribution in [0.4, 0.5) is 18.3 Å². The molecule has 4 rings (SSSR count). The Kier molecular flexibility index (Phi) is 7.16. The van der Waals surface area contributed by atoms with E-state index in [0.29, 0.717) is 5.57 Å². The highest BCUT2D eigenvalue weighted by Gasteiger charge is 2.53. The maximum atomic E-state index is 12.9. The smallest absolute Gasteiger partial charge is 0.425 e. The summed E-state index contributed by atoms with van der Waals surface area (Å²) in [5, 5.41) is 18.1. The first-order valence-corrected chi connectivity index (χ1v) is 12.1. The zero-order chi connectivity index (χ0) is 26.0. The second kappa shape index (κ2) is 10.1. The highest BCUT2D eigenvalue weighted by molar-refractivity contribution is 8.00. The number of nitrogens with two attached hydrogens (primary N) is 1. The van der Waals surface area contributed by atoms with Gasteiger partial charge in [0.2, 0.25) is 6.61 Å². The third-order valence-electron chi connectivity index (χ3n) is 5.04. The number of thioether (sulfide) groups is 1. The van der Waals surface area contributed by atoms with Crippen LogP contribution < -0.4 is 20.7 Å². The number of aliphatic carboxylic acids is 1. The van der Waals surface area contributed by atoms with Crippen molar-refractivity contribution < 1.29 is 42.1 Å². The molecule has 16 heteroatoms. The van der Waals surface area contributed by atoms with Gasteiger partial charge in [0.15, 0.2) is 29.8 Å². The van der Waals surface area contributed by atoms with Crippen LogP contribution in [-0.4, -0.2) is 63.3 Å². The Balaban J connectivity index is 1.52. The fraction of sp³-hybridized carbons (Fsp3) is 0.300. The van der Waals surface area contributed by atoms with Gasteiger partial charge in [-0.2, -0.15) is 13.2 Å². The van der Waals surface area contributed by atoms with Gasteiger partial charge in [0, 0.05) is 28.8 Å². The first-order chi connectivity index (χ1) is 17.0. The number of thiazole rings is 1. The molecule has 0 radical (unpaired) electrons. The highest BCUT2D eigenvalue weighted by atomic mass is 32.2. The van der Waals surface area contributed by atoms with Crippen LogP contribution in [0, 0.1) is 0 Å². The minimum atomic E-state index is -4.70. The summed E-state index contributed by atoms with van der Waals surface area (Å²) in [6, 6.07) is 4.18. The molecule has 0 saturated carbocycles. The van der Waals surface area contributed by atoms with Crippen molar-refractivity contribution in [3.8, 4) is 0 Å². The van der Waals surface area contributed by atoms with E-state index < -0.39 is 47.7 Å². The van der Waals surface area contributed by atoms with Gasteiger partial charge in [-0.25, -0.2) is 9.55 Å². The number of hydrogen-bond donors (Lipinski definition) is 2. The zero-order valence-corrected chi connectivity index (χ0v) is 19.7. The minimum absolute atomic E-state index is 0.0302. The number of fused-ring (bicyclic) bond motifs is 1. The minimum Gasteiger partial charge on any atom is -0.543 e. The van der Waals surface area contributed by atoms with E-state index in [2.05, 4.69) is 20.3 Å². The molecule has 2 aromatic heterocycles. The van der Waals surface area contributed by atoms with Gasteiger partial charge < -0.3 is 25.8 Å². The number of amides is 2. The predicted molar refractivity (Wildman–Crippen MR) is 119 cm³/mol. The monoisotopic (exact) mass is 542 g/mol. The molecule has 1 unspecified atom stereocenters. The summed E-state index contributed by atoms with van der Waals surface area (Å²) in [4.78, 5) is 46.7. The number of nitrogens with zero attached hydrogens (tertiary/aromatic N) is 4. The van der Waals surface area contributed by atoms with Crippen molar-refractivity contribution in [1.29, 1.82) is 0 Å². The topological polar surface area (TPSA) is 154 Å². The number of nitrogens with one attached hydrogen (secondary N) is 1. The second-order valence-corrected chi connectivity index (χ2v) is 9.54. The number of halogens is 3. The number of carbonyl (C=O) groups is 3. The lowest BCUT2D eigenvalue weighted by atomic mass is 10.0. The molecule has 36 heavy (non-hydrogen) atoms. The summed E-state index contributed by atoms with van der Waals surface area (Å²) in [6.07, 6.45) is -1.21. The molecule has 11 nitrogen and oxygen atoms in total. The first kappa shape index (κ1) is 25.4. The molecule has 0 aliphatic carbocycles. The molecule has 0 bridgehead atoms. The summed E-state index contributed by atoms with van der Waals surface area (Å²) < 4.78 is 39.1. The molecular weight excluding hydrogens is 525 g/mol. The molecule has 2 aliphatic rings. The van der Waals surface area contributed by atoms with E-state index in [4.69, 9.17) is 5.73 Å². The number of pyridine rings is 1. The normalized spacial score (nSPS) is 20.0. The van der Waals surface area contributed by atoms with E-state index >= 15 is 0 Å². The predicted octanol–water partition coefficient (Wildman–Crippen LogP) is -0.600. The van der Waals surface area contributed by atoms with Gasteiger partial charge >= 0.3 is 6.18 Å². The fourth-order valence-electron chi connectivity index (χ4n) is 3.53. The van der Waals surface area contributed by atoms with E-state index in [1.165, 1.54) is 17.1 Å². The van der Waals surface area contributed by atoms with Crippen molar-refractivity contribution in [1.82, 2.24) is 15.2 Å².